The summed E-state index contributed by atoms with van der Waals surface area (Å²) in [7, 11) is -5.81. The van der Waals surface area contributed by atoms with E-state index in [1.165, 1.54) is 6.08 Å². The van der Waals surface area contributed by atoms with Gasteiger partial charge in [-0.05, 0) is 55.0 Å². The first-order valence-corrected chi connectivity index (χ1v) is 16.2. The fourth-order valence-corrected chi connectivity index (χ4v) is 6.32. The molecular weight excluding hydrogens is 663 g/mol. The quantitative estimate of drug-likeness (QED) is 0.232. The number of sulfonamides is 1. The lowest BCUT2D eigenvalue weighted by atomic mass is 9.94. The van der Waals surface area contributed by atoms with Gasteiger partial charge in [-0.1, -0.05) is 25.9 Å². The van der Waals surface area contributed by atoms with Crippen LogP contribution in [0.2, 0.25) is 0 Å². The van der Waals surface area contributed by atoms with E-state index in [9.17, 15) is 26.5 Å². The Balaban J connectivity index is 1.64. The molecule has 0 aliphatic carbocycles. The van der Waals surface area contributed by atoms with Crippen LogP contribution in [-0.4, -0.2) is 91.2 Å². The number of hydrogen-bond donors (Lipinski definition) is 2. The van der Waals surface area contributed by atoms with Gasteiger partial charge in [-0.2, -0.15) is 4.31 Å². The van der Waals surface area contributed by atoms with Crippen LogP contribution in [0.5, 0.6) is 17.2 Å². The largest absolute Gasteiger partial charge is 0.487 e. The summed E-state index contributed by atoms with van der Waals surface area (Å²) < 4.78 is 223. The molecule has 0 unspecified atom stereocenters. The van der Waals surface area contributed by atoms with Crippen LogP contribution >= 0.6 is 11.3 Å². The fraction of sp³-hybridized carbons (Fsp3) is 0.455. The molecule has 2 N–H and O–H groups in total. The summed E-state index contributed by atoms with van der Waals surface area (Å²) >= 11 is 0.229. The molecule has 1 amide bonds. The molecule has 0 saturated carbocycles. The highest BCUT2D eigenvalue weighted by molar-refractivity contribution is 7.89. The molecule has 1 fully saturated rings. The van der Waals surface area contributed by atoms with Gasteiger partial charge in [0.2, 0.25) is 24.5 Å². The monoisotopic (exact) mass is 720 g/mol. The van der Waals surface area contributed by atoms with Crippen molar-refractivity contribution in [3.63, 3.8) is 0 Å². The van der Waals surface area contributed by atoms with Crippen molar-refractivity contribution in [2.24, 2.45) is 11.8 Å². The van der Waals surface area contributed by atoms with Crippen molar-refractivity contribution < 1.29 is 71.8 Å². The van der Waals surface area contributed by atoms with Gasteiger partial charge in [0.25, 0.3) is 0 Å². The molecule has 48 heavy (non-hydrogen) atoms. The van der Waals surface area contributed by atoms with Gasteiger partial charge in [-0.15, -0.1) is 11.3 Å². The minimum Gasteiger partial charge on any atom is -0.487 e. The SMILES string of the molecule is [2H]O[C@]([2H])(C([2H])([2H])N(C([2H])([2H])C(C)C)S(=O)(=O)c1ccc2c(c1)OCO2)[C@@]([2H])(N(C(=O)O)[C@H]1CO[C@@H]2OC=C[C@H]21)C([2H])([2H])c1c([2H])c([2H])c(OC([2H])([2H])c2nc(C([2H])([2H])[2H])sc2[2H])c([2H])c1[2H]. The van der Waals surface area contributed by atoms with Crippen molar-refractivity contribution in [3.8, 4) is 17.2 Å². The van der Waals surface area contributed by atoms with E-state index < -0.39 is 159 Å². The Morgan fingerprint density at radius 3 is 2.81 bits per heavy atom. The summed E-state index contributed by atoms with van der Waals surface area (Å²) in [6.45, 7) is -13.7. The summed E-state index contributed by atoms with van der Waals surface area (Å²) in [4.78, 5) is 16.1. The predicted molar refractivity (Wildman–Crippen MR) is 174 cm³/mol. The average molecular weight is 721 g/mol. The maximum atomic E-state index is 14.8. The zero-order valence-corrected chi connectivity index (χ0v) is 26.5. The van der Waals surface area contributed by atoms with E-state index in [0.29, 0.717) is 0 Å². The van der Waals surface area contributed by atoms with E-state index >= 15 is 0 Å². The van der Waals surface area contributed by atoms with Crippen LogP contribution in [0.3, 0.4) is 0 Å². The van der Waals surface area contributed by atoms with E-state index in [4.69, 9.17) is 41.6 Å². The van der Waals surface area contributed by atoms with Gasteiger partial charge in [0, 0.05) is 36.8 Å². The summed E-state index contributed by atoms with van der Waals surface area (Å²) in [5, 5.41) is 14.1. The van der Waals surface area contributed by atoms with E-state index in [1.807, 2.05) is 0 Å². The maximum absolute atomic E-state index is 14.8. The fourth-order valence-electron chi connectivity index (χ4n) is 4.64. The van der Waals surface area contributed by atoms with Gasteiger partial charge in [0.05, 0.1) is 64.9 Å². The number of carbonyl (C=O) groups is 1. The van der Waals surface area contributed by atoms with Crippen LogP contribution in [0.25, 0.3) is 0 Å². The molecule has 1 saturated heterocycles. The molecule has 3 aliphatic heterocycles. The molecule has 4 heterocycles. The lowest BCUT2D eigenvalue weighted by Gasteiger charge is -2.39. The van der Waals surface area contributed by atoms with Crippen LogP contribution in [0.4, 0.5) is 4.79 Å². The third-order valence-corrected chi connectivity index (χ3v) is 8.82. The Morgan fingerprint density at radius 1 is 1.27 bits per heavy atom. The van der Waals surface area contributed by atoms with E-state index in [1.54, 1.807) is 0 Å². The second-order valence-electron chi connectivity index (χ2n) is 10.3. The Kier molecular flexibility index (Phi) is 5.27. The normalized spacial score (nSPS) is 29.4. The molecule has 0 spiro atoms. The molecule has 2 aromatic carbocycles. The van der Waals surface area contributed by atoms with Crippen molar-refractivity contribution >= 4 is 27.5 Å². The molecule has 3 aliphatic rings. The third kappa shape index (κ3) is 7.39. The Labute approximate surface area is 310 Å². The number of rotatable bonds is 15. The Morgan fingerprint density at radius 2 is 2.08 bits per heavy atom. The van der Waals surface area contributed by atoms with Crippen molar-refractivity contribution in [2.45, 2.75) is 63.0 Å². The second kappa shape index (κ2) is 14.3. The molecule has 0 radical (unpaired) electrons. The number of aromatic nitrogens is 1. The van der Waals surface area contributed by atoms with Crippen LogP contribution in [0.15, 0.2) is 65.0 Å². The molecule has 6 rings (SSSR count). The number of ether oxygens (including phenoxy) is 5. The van der Waals surface area contributed by atoms with Crippen LogP contribution < -0.4 is 14.2 Å². The third-order valence-electron chi connectivity index (χ3n) is 6.71. The Bertz CT molecular complexity index is 2570. The lowest BCUT2D eigenvalue weighted by molar-refractivity contribution is -0.0690. The van der Waals surface area contributed by atoms with Gasteiger partial charge in [0.15, 0.2) is 11.5 Å². The number of nitrogens with zero attached hydrogens (tertiary/aromatic N) is 3. The summed E-state index contributed by atoms with van der Waals surface area (Å²) in [6, 6.07) is -10.2. The molecular formula is C33H39N3O10S2. The number of thiazole rings is 1. The summed E-state index contributed by atoms with van der Waals surface area (Å²) in [5.74, 6) is -4.53. The van der Waals surface area contributed by atoms with E-state index in [2.05, 4.69) is 10.1 Å². The van der Waals surface area contributed by atoms with Gasteiger partial charge in [-0.25, -0.2) is 18.2 Å². The van der Waals surface area contributed by atoms with Crippen molar-refractivity contribution in [2.75, 3.05) is 26.4 Å². The van der Waals surface area contributed by atoms with Crippen molar-refractivity contribution in [1.82, 2.24) is 14.2 Å². The van der Waals surface area contributed by atoms with Crippen molar-refractivity contribution in [3.05, 3.63) is 76.3 Å². The molecule has 3 aromatic rings. The first kappa shape index (κ1) is 17.7. The first-order valence-electron chi connectivity index (χ1n) is 23.3. The number of amides is 1. The lowest BCUT2D eigenvalue weighted by Crippen LogP contribution is -2.57. The average Bonchev–Trinajstić information content (AvgIpc) is 4.03. The molecule has 0 bridgehead atoms. The highest BCUT2D eigenvalue weighted by Crippen LogP contribution is 2.36. The predicted octanol–water partition coefficient (Wildman–Crippen LogP) is 4.24. The molecule has 1 aromatic heterocycles. The number of carboxylic acid groups (broad SMARTS) is 1. The minimum atomic E-state index is -5.81. The van der Waals surface area contributed by atoms with Crippen LogP contribution in [-0.2, 0) is 32.4 Å². The highest BCUT2D eigenvalue weighted by atomic mass is 32.2. The maximum Gasteiger partial charge on any atom is 0.408 e. The minimum absolute atomic E-state index is 0.00148. The first-order chi connectivity index (χ1) is 30.6. The van der Waals surface area contributed by atoms with E-state index in [0.717, 1.165) is 38.3 Å². The number of aliphatic hydroxyl groups is 1. The van der Waals surface area contributed by atoms with E-state index in [-0.39, 0.29) is 27.7 Å². The van der Waals surface area contributed by atoms with Gasteiger partial charge in [0.1, 0.15) is 12.3 Å². The topological polar surface area (TPSA) is 157 Å². The smallest absolute Gasteiger partial charge is 0.408 e. The van der Waals surface area contributed by atoms with Crippen molar-refractivity contribution in [1.29, 1.82) is 1.43 Å². The zero-order chi connectivity index (χ0) is 50.6. The molecule has 15 heteroatoms. The van der Waals surface area contributed by atoms with Gasteiger partial charge < -0.3 is 33.9 Å². The molecule has 13 nitrogen and oxygen atoms in total. The number of aryl methyl sites for hydroxylation is 1. The summed E-state index contributed by atoms with van der Waals surface area (Å²) in [5.41, 5.74) is -2.69. The number of fused-ring (bicyclic) bond motifs is 2. The zero-order valence-electron chi connectivity index (χ0n) is 43.9. The summed E-state index contributed by atoms with van der Waals surface area (Å²) in [6.07, 6.45) is -10.8. The number of benzene rings is 2. The number of hydrogen-bond acceptors (Lipinski definition) is 11. The van der Waals surface area contributed by atoms with Crippen LogP contribution in [0.1, 0.15) is 54.8 Å². The highest BCUT2D eigenvalue weighted by Gasteiger charge is 2.48. The molecule has 258 valence electrons. The molecule has 5 atom stereocenters. The second-order valence-corrected chi connectivity index (χ2v) is 12.9. The standard InChI is InChI=1S/C33H39N3O10S2/c1-20(2)14-35(48(40,41)25-8-9-30-31(13-25)46-19-45-30)15-29(37)27(36(33(38)39)28-17-44-32-26(28)10-11-42-32)12-22-4-6-24(7-5-22)43-16-23-18-47-21(3)34-23/h4-11,13,18,20,26-29,32,37H,12,14-17,19H2,1-3H3,(H,38,39)/t26-,27-,28-,29+,32-/m0/s1/i3D3,4D,5D,6D,7D,12D2,14D2,15D2,16D2,18D,27D,29D,37D. The van der Waals surface area contributed by atoms with Gasteiger partial charge >= 0.3 is 6.09 Å². The Hall–Kier alpha value is -3.89. The van der Waals surface area contributed by atoms with Gasteiger partial charge in [-0.3, -0.25) is 4.90 Å². The van der Waals surface area contributed by atoms with Crippen LogP contribution in [0, 0.1) is 18.7 Å².